The second-order valence-electron chi connectivity index (χ2n) is 2.89. The average Bonchev–Trinajstić information content (AvgIpc) is 2.26. The highest BCUT2D eigenvalue weighted by atomic mass is 19.4. The number of nitrogens with zero attached hydrogens (tertiary/aromatic N) is 1. The SMILES string of the molecule is COc1cnc(C=O)c(CN)c1OC(F)(F)F. The first kappa shape index (κ1) is 13.2. The Bertz CT molecular complexity index is 421. The van der Waals surface area contributed by atoms with Gasteiger partial charge >= 0.3 is 6.36 Å². The summed E-state index contributed by atoms with van der Waals surface area (Å²) in [7, 11) is 1.15. The molecule has 17 heavy (non-hydrogen) atoms. The van der Waals surface area contributed by atoms with Crippen LogP contribution in [0.3, 0.4) is 0 Å². The highest BCUT2D eigenvalue weighted by Crippen LogP contribution is 2.35. The van der Waals surface area contributed by atoms with Crippen molar-refractivity contribution in [3.05, 3.63) is 17.5 Å². The first-order valence-electron chi connectivity index (χ1n) is 4.39. The van der Waals surface area contributed by atoms with Crippen LogP contribution in [-0.4, -0.2) is 24.7 Å². The van der Waals surface area contributed by atoms with Gasteiger partial charge in [0.25, 0.3) is 0 Å². The third-order valence-electron chi connectivity index (χ3n) is 1.88. The lowest BCUT2D eigenvalue weighted by atomic mass is 10.1. The molecular formula is C9H9F3N2O3. The maximum Gasteiger partial charge on any atom is 0.573 e. The van der Waals surface area contributed by atoms with Crippen molar-refractivity contribution in [2.75, 3.05) is 7.11 Å². The van der Waals surface area contributed by atoms with Gasteiger partial charge in [0, 0.05) is 12.1 Å². The molecule has 0 aliphatic rings. The number of aldehydes is 1. The third kappa shape index (κ3) is 3.06. The largest absolute Gasteiger partial charge is 0.573 e. The maximum absolute atomic E-state index is 12.2. The van der Waals surface area contributed by atoms with E-state index in [0.29, 0.717) is 6.29 Å². The Labute approximate surface area is 94.3 Å². The van der Waals surface area contributed by atoms with Crippen molar-refractivity contribution >= 4 is 6.29 Å². The van der Waals surface area contributed by atoms with Crippen LogP contribution in [0, 0.1) is 0 Å². The van der Waals surface area contributed by atoms with E-state index in [1.165, 1.54) is 0 Å². The van der Waals surface area contributed by atoms with Gasteiger partial charge in [0.1, 0.15) is 5.69 Å². The fourth-order valence-electron chi connectivity index (χ4n) is 1.20. The summed E-state index contributed by atoms with van der Waals surface area (Å²) in [6.45, 7) is -0.330. The highest BCUT2D eigenvalue weighted by Gasteiger charge is 2.34. The first-order valence-corrected chi connectivity index (χ1v) is 4.39. The number of carbonyl (C=O) groups excluding carboxylic acids is 1. The van der Waals surface area contributed by atoms with Gasteiger partial charge in [-0.25, -0.2) is 4.98 Å². The van der Waals surface area contributed by atoms with E-state index in [-0.39, 0.29) is 23.6 Å². The van der Waals surface area contributed by atoms with Gasteiger partial charge in [-0.3, -0.25) is 4.79 Å². The van der Waals surface area contributed by atoms with Crippen LogP contribution in [0.1, 0.15) is 16.1 Å². The molecule has 0 unspecified atom stereocenters. The van der Waals surface area contributed by atoms with E-state index in [2.05, 4.69) is 14.5 Å². The number of ether oxygens (including phenoxy) is 2. The lowest BCUT2D eigenvalue weighted by Crippen LogP contribution is -2.20. The summed E-state index contributed by atoms with van der Waals surface area (Å²) in [4.78, 5) is 14.2. The Morgan fingerprint density at radius 2 is 2.18 bits per heavy atom. The van der Waals surface area contributed by atoms with Crippen LogP contribution >= 0.6 is 0 Å². The smallest absolute Gasteiger partial charge is 0.491 e. The van der Waals surface area contributed by atoms with Gasteiger partial charge in [-0.1, -0.05) is 0 Å². The van der Waals surface area contributed by atoms with Gasteiger partial charge in [-0.15, -0.1) is 13.2 Å². The molecule has 0 radical (unpaired) electrons. The fraction of sp³-hybridized carbons (Fsp3) is 0.333. The predicted molar refractivity (Wildman–Crippen MR) is 50.8 cm³/mol. The van der Waals surface area contributed by atoms with Crippen LogP contribution < -0.4 is 15.2 Å². The Morgan fingerprint density at radius 1 is 1.53 bits per heavy atom. The van der Waals surface area contributed by atoms with Gasteiger partial charge < -0.3 is 15.2 Å². The topological polar surface area (TPSA) is 74.4 Å². The van der Waals surface area contributed by atoms with Crippen LogP contribution in [0.2, 0.25) is 0 Å². The second kappa shape index (κ2) is 5.00. The monoisotopic (exact) mass is 250 g/mol. The van der Waals surface area contributed by atoms with Crippen molar-refractivity contribution in [3.8, 4) is 11.5 Å². The molecule has 0 saturated heterocycles. The van der Waals surface area contributed by atoms with Crippen LogP contribution in [-0.2, 0) is 6.54 Å². The highest BCUT2D eigenvalue weighted by molar-refractivity contribution is 5.76. The molecule has 94 valence electrons. The zero-order chi connectivity index (χ0) is 13.1. The van der Waals surface area contributed by atoms with Gasteiger partial charge in [-0.05, 0) is 0 Å². The number of methoxy groups -OCH3 is 1. The summed E-state index contributed by atoms with van der Waals surface area (Å²) in [6, 6.07) is 0. The number of carbonyl (C=O) groups is 1. The van der Waals surface area contributed by atoms with E-state index in [1.807, 2.05) is 0 Å². The van der Waals surface area contributed by atoms with Crippen molar-refractivity contribution in [1.82, 2.24) is 4.98 Å². The molecule has 0 aliphatic heterocycles. The molecule has 0 bridgehead atoms. The number of alkyl halides is 3. The molecule has 5 nitrogen and oxygen atoms in total. The molecule has 1 rings (SSSR count). The van der Waals surface area contributed by atoms with Crippen molar-refractivity contribution in [3.63, 3.8) is 0 Å². The Morgan fingerprint density at radius 3 is 2.59 bits per heavy atom. The Kier molecular flexibility index (Phi) is 3.89. The van der Waals surface area contributed by atoms with Crippen LogP contribution in [0.25, 0.3) is 0 Å². The van der Waals surface area contributed by atoms with Crippen molar-refractivity contribution in [2.24, 2.45) is 5.73 Å². The minimum Gasteiger partial charge on any atom is -0.491 e. The summed E-state index contributed by atoms with van der Waals surface area (Å²) < 4.78 is 45.0. The van der Waals surface area contributed by atoms with E-state index in [0.717, 1.165) is 13.3 Å². The predicted octanol–water partition coefficient (Wildman–Crippen LogP) is 1.26. The number of halogens is 3. The van der Waals surface area contributed by atoms with Gasteiger partial charge in [-0.2, -0.15) is 0 Å². The molecule has 1 heterocycles. The summed E-state index contributed by atoms with van der Waals surface area (Å²) in [5.41, 5.74) is 4.90. The lowest BCUT2D eigenvalue weighted by Gasteiger charge is -2.16. The van der Waals surface area contributed by atoms with Crippen LogP contribution in [0.5, 0.6) is 11.5 Å². The van der Waals surface area contributed by atoms with Gasteiger partial charge in [0.2, 0.25) is 0 Å². The van der Waals surface area contributed by atoms with E-state index in [1.54, 1.807) is 0 Å². The minimum absolute atomic E-state index is 0.156. The lowest BCUT2D eigenvalue weighted by molar-refractivity contribution is -0.275. The Hall–Kier alpha value is -1.83. The van der Waals surface area contributed by atoms with Crippen LogP contribution in [0.15, 0.2) is 6.20 Å². The second-order valence-corrected chi connectivity index (χ2v) is 2.89. The molecule has 1 aromatic rings. The zero-order valence-electron chi connectivity index (χ0n) is 8.75. The van der Waals surface area contributed by atoms with E-state index >= 15 is 0 Å². The molecule has 8 heteroatoms. The number of pyridine rings is 1. The summed E-state index contributed by atoms with van der Waals surface area (Å²) >= 11 is 0. The van der Waals surface area contributed by atoms with E-state index in [9.17, 15) is 18.0 Å². The Balaban J connectivity index is 3.34. The summed E-state index contributed by atoms with van der Waals surface area (Å²) in [6.07, 6.45) is -3.65. The van der Waals surface area contributed by atoms with Crippen molar-refractivity contribution < 1.29 is 27.4 Å². The molecule has 0 atom stereocenters. The number of hydrogen-bond acceptors (Lipinski definition) is 5. The standard InChI is InChI=1S/C9H9F3N2O3/c1-16-7-3-14-6(4-15)5(2-13)8(7)17-9(10,11)12/h3-4H,2,13H2,1H3. The molecule has 1 aromatic heterocycles. The zero-order valence-corrected chi connectivity index (χ0v) is 8.75. The maximum atomic E-state index is 12.2. The minimum atomic E-state index is -4.90. The van der Waals surface area contributed by atoms with Crippen molar-refractivity contribution in [2.45, 2.75) is 12.9 Å². The summed E-state index contributed by atoms with van der Waals surface area (Å²) in [5, 5.41) is 0. The van der Waals surface area contributed by atoms with Crippen LogP contribution in [0.4, 0.5) is 13.2 Å². The normalized spacial score (nSPS) is 11.1. The molecule has 0 aromatic carbocycles. The number of rotatable bonds is 4. The number of aromatic nitrogens is 1. The molecular weight excluding hydrogens is 241 g/mol. The number of hydrogen-bond donors (Lipinski definition) is 1. The van der Waals surface area contributed by atoms with E-state index < -0.39 is 12.1 Å². The van der Waals surface area contributed by atoms with E-state index in [4.69, 9.17) is 5.73 Å². The molecule has 0 fully saturated rings. The molecule has 0 amide bonds. The number of nitrogens with two attached hydrogens (primary N) is 1. The third-order valence-corrected chi connectivity index (χ3v) is 1.88. The molecule has 0 saturated carbocycles. The molecule has 2 N–H and O–H groups in total. The van der Waals surface area contributed by atoms with Gasteiger partial charge in [0.05, 0.1) is 13.3 Å². The molecule has 0 aliphatic carbocycles. The fourth-order valence-corrected chi connectivity index (χ4v) is 1.20. The molecule has 0 spiro atoms. The van der Waals surface area contributed by atoms with Crippen molar-refractivity contribution in [1.29, 1.82) is 0 Å². The van der Waals surface area contributed by atoms with Gasteiger partial charge in [0.15, 0.2) is 17.8 Å². The first-order chi connectivity index (χ1) is 7.92. The average molecular weight is 250 g/mol. The summed E-state index contributed by atoms with van der Waals surface area (Å²) in [5.74, 6) is -0.882. The quantitative estimate of drug-likeness (QED) is 0.814.